The summed E-state index contributed by atoms with van der Waals surface area (Å²) in [5.41, 5.74) is -0.902. The van der Waals surface area contributed by atoms with E-state index in [1.807, 2.05) is 6.92 Å². The molecule has 116 valence electrons. The minimum Gasteiger partial charge on any atom is -0.414 e. The summed E-state index contributed by atoms with van der Waals surface area (Å²) in [6.45, 7) is 15.3. The molecule has 1 saturated carbocycles. The first-order valence-corrected chi connectivity index (χ1v) is 10.6. The lowest BCUT2D eigenvalue weighted by molar-refractivity contribution is -0.0503. The van der Waals surface area contributed by atoms with Gasteiger partial charge in [-0.05, 0) is 43.8 Å². The quantitative estimate of drug-likeness (QED) is 0.799. The molecular formula is C16H31NO2Si. The van der Waals surface area contributed by atoms with Crippen LogP contribution in [0.1, 0.15) is 47.5 Å². The Bertz CT molecular complexity index is 379. The van der Waals surface area contributed by atoms with Gasteiger partial charge in [0.2, 0.25) is 0 Å². The number of aliphatic hydroxyl groups is 1. The summed E-state index contributed by atoms with van der Waals surface area (Å²) in [7, 11) is -1.86. The molecular weight excluding hydrogens is 266 g/mol. The van der Waals surface area contributed by atoms with Crippen molar-refractivity contribution in [3.05, 3.63) is 0 Å². The Hall–Kier alpha value is -0.373. The van der Waals surface area contributed by atoms with E-state index in [4.69, 9.17) is 4.43 Å². The van der Waals surface area contributed by atoms with Crippen molar-refractivity contribution in [1.82, 2.24) is 0 Å². The maximum absolute atomic E-state index is 10.8. The molecule has 0 spiro atoms. The molecule has 0 radical (unpaired) electrons. The van der Waals surface area contributed by atoms with Gasteiger partial charge in [0.05, 0.1) is 24.2 Å². The van der Waals surface area contributed by atoms with E-state index in [9.17, 15) is 10.4 Å². The Labute approximate surface area is 125 Å². The summed E-state index contributed by atoms with van der Waals surface area (Å²) in [5, 5.41) is 20.3. The molecule has 1 rings (SSSR count). The molecule has 4 atom stereocenters. The van der Waals surface area contributed by atoms with E-state index in [2.05, 4.69) is 46.9 Å². The standard InChI is InChI=1S/C16H31NO2Si/c1-12-8-9-14(13(12)10-17)16(5,18)11-19-20(6,7)15(2,3)4/h12-14,18H,8-9,11H2,1-7H3/t12-,13+,14-,16-/m1/s1. The largest absolute Gasteiger partial charge is 0.414 e. The molecule has 0 aromatic rings. The molecule has 0 heterocycles. The molecule has 3 nitrogen and oxygen atoms in total. The Balaban J connectivity index is 2.74. The monoisotopic (exact) mass is 297 g/mol. The van der Waals surface area contributed by atoms with E-state index >= 15 is 0 Å². The molecule has 0 bridgehead atoms. The molecule has 1 aliphatic carbocycles. The van der Waals surface area contributed by atoms with Crippen LogP contribution in [0.25, 0.3) is 0 Å². The van der Waals surface area contributed by atoms with Crippen LogP contribution >= 0.6 is 0 Å². The third-order valence-electron chi connectivity index (χ3n) is 5.46. The van der Waals surface area contributed by atoms with E-state index in [1.165, 1.54) is 0 Å². The van der Waals surface area contributed by atoms with Gasteiger partial charge in [-0.2, -0.15) is 5.26 Å². The van der Waals surface area contributed by atoms with Crippen molar-refractivity contribution in [2.24, 2.45) is 17.8 Å². The van der Waals surface area contributed by atoms with E-state index < -0.39 is 13.9 Å². The normalized spacial score (nSPS) is 30.9. The van der Waals surface area contributed by atoms with Gasteiger partial charge < -0.3 is 9.53 Å². The molecule has 0 aromatic carbocycles. The summed E-state index contributed by atoms with van der Waals surface area (Å²) in [4.78, 5) is 0. The van der Waals surface area contributed by atoms with Crippen LogP contribution in [0.15, 0.2) is 0 Å². The lowest BCUT2D eigenvalue weighted by atomic mass is 9.80. The Morgan fingerprint density at radius 3 is 2.25 bits per heavy atom. The first-order valence-electron chi connectivity index (χ1n) is 7.68. The number of hydrogen-bond acceptors (Lipinski definition) is 3. The van der Waals surface area contributed by atoms with Gasteiger partial charge in [0.1, 0.15) is 0 Å². The lowest BCUT2D eigenvalue weighted by Gasteiger charge is -2.40. The molecule has 1 N–H and O–H groups in total. The van der Waals surface area contributed by atoms with Crippen molar-refractivity contribution in [2.75, 3.05) is 6.61 Å². The zero-order valence-electron chi connectivity index (χ0n) is 14.2. The summed E-state index contributed by atoms with van der Waals surface area (Å²) in [6.07, 6.45) is 1.95. The fourth-order valence-electron chi connectivity index (χ4n) is 2.76. The van der Waals surface area contributed by atoms with Crippen molar-refractivity contribution in [2.45, 2.75) is 71.2 Å². The van der Waals surface area contributed by atoms with Gasteiger partial charge >= 0.3 is 0 Å². The van der Waals surface area contributed by atoms with Gasteiger partial charge in [-0.15, -0.1) is 0 Å². The second-order valence-corrected chi connectivity index (χ2v) is 13.0. The Kier molecular flexibility index (Phi) is 5.11. The third-order valence-corrected chi connectivity index (χ3v) is 9.94. The second-order valence-electron chi connectivity index (χ2n) is 8.22. The van der Waals surface area contributed by atoms with Crippen LogP contribution in [0.3, 0.4) is 0 Å². The highest BCUT2D eigenvalue weighted by Gasteiger charge is 2.46. The van der Waals surface area contributed by atoms with Crippen LogP contribution in [-0.4, -0.2) is 25.6 Å². The van der Waals surface area contributed by atoms with Crippen molar-refractivity contribution in [3.8, 4) is 6.07 Å². The van der Waals surface area contributed by atoms with E-state index in [0.29, 0.717) is 12.5 Å². The van der Waals surface area contributed by atoms with E-state index in [-0.39, 0.29) is 16.9 Å². The highest BCUT2D eigenvalue weighted by Crippen LogP contribution is 2.44. The minimum atomic E-state index is -1.86. The van der Waals surface area contributed by atoms with Gasteiger partial charge in [-0.1, -0.05) is 27.7 Å². The van der Waals surface area contributed by atoms with Crippen LogP contribution < -0.4 is 0 Å². The Morgan fingerprint density at radius 1 is 1.25 bits per heavy atom. The maximum Gasteiger partial charge on any atom is 0.192 e. The summed E-state index contributed by atoms with van der Waals surface area (Å²) < 4.78 is 6.18. The van der Waals surface area contributed by atoms with Gasteiger partial charge in [-0.3, -0.25) is 0 Å². The van der Waals surface area contributed by atoms with Gasteiger partial charge in [0.15, 0.2) is 8.32 Å². The fraction of sp³-hybridized carbons (Fsp3) is 0.938. The molecule has 4 heteroatoms. The smallest absolute Gasteiger partial charge is 0.192 e. The zero-order valence-corrected chi connectivity index (χ0v) is 15.2. The predicted octanol–water partition coefficient (Wildman–Crippen LogP) is 3.95. The lowest BCUT2D eigenvalue weighted by Crippen LogP contribution is -2.48. The van der Waals surface area contributed by atoms with Crippen molar-refractivity contribution in [1.29, 1.82) is 5.26 Å². The summed E-state index contributed by atoms with van der Waals surface area (Å²) >= 11 is 0. The van der Waals surface area contributed by atoms with Gasteiger partial charge in [0.25, 0.3) is 0 Å². The highest BCUT2D eigenvalue weighted by atomic mass is 28.4. The number of hydrogen-bond donors (Lipinski definition) is 1. The number of nitrogens with zero attached hydrogens (tertiary/aromatic N) is 1. The molecule has 1 aliphatic rings. The second kappa shape index (κ2) is 5.79. The molecule has 0 saturated heterocycles. The molecule has 1 fully saturated rings. The fourth-order valence-corrected chi connectivity index (χ4v) is 3.85. The van der Waals surface area contributed by atoms with Gasteiger partial charge in [0, 0.05) is 5.92 Å². The number of nitriles is 1. The predicted molar refractivity (Wildman–Crippen MR) is 84.8 cm³/mol. The summed E-state index contributed by atoms with van der Waals surface area (Å²) in [6, 6.07) is 2.39. The molecule has 0 aliphatic heterocycles. The third kappa shape index (κ3) is 3.63. The average Bonchev–Trinajstić information content (AvgIpc) is 2.67. The SMILES string of the molecule is C[C@@H]1CC[C@@H]([C@](C)(O)CO[Si](C)(C)C(C)(C)C)[C@H]1C#N. The summed E-state index contributed by atoms with van der Waals surface area (Å²) in [5.74, 6) is 0.365. The van der Waals surface area contributed by atoms with E-state index in [1.54, 1.807) is 0 Å². The van der Waals surface area contributed by atoms with Crippen LogP contribution in [0.4, 0.5) is 0 Å². The molecule has 0 unspecified atom stereocenters. The Morgan fingerprint density at radius 2 is 1.80 bits per heavy atom. The van der Waals surface area contributed by atoms with Crippen LogP contribution in [0, 0.1) is 29.1 Å². The average molecular weight is 298 g/mol. The highest BCUT2D eigenvalue weighted by molar-refractivity contribution is 6.74. The first kappa shape index (κ1) is 17.7. The molecule has 20 heavy (non-hydrogen) atoms. The topological polar surface area (TPSA) is 53.2 Å². The molecule has 0 aromatic heterocycles. The van der Waals surface area contributed by atoms with Crippen molar-refractivity contribution >= 4 is 8.32 Å². The minimum absolute atomic E-state index is 0.0345. The van der Waals surface area contributed by atoms with Crippen LogP contribution in [0.5, 0.6) is 0 Å². The van der Waals surface area contributed by atoms with Crippen molar-refractivity contribution < 1.29 is 9.53 Å². The molecule has 0 amide bonds. The maximum atomic E-state index is 10.8. The van der Waals surface area contributed by atoms with Crippen LogP contribution in [0.2, 0.25) is 18.1 Å². The first-order chi connectivity index (χ1) is 8.92. The number of rotatable bonds is 4. The van der Waals surface area contributed by atoms with Crippen LogP contribution in [-0.2, 0) is 4.43 Å². The van der Waals surface area contributed by atoms with Crippen molar-refractivity contribution in [3.63, 3.8) is 0 Å². The zero-order chi connectivity index (χ0) is 15.8. The van der Waals surface area contributed by atoms with Gasteiger partial charge in [-0.25, -0.2) is 0 Å². The van der Waals surface area contributed by atoms with E-state index in [0.717, 1.165) is 12.8 Å².